The lowest BCUT2D eigenvalue weighted by atomic mass is 10.0. The second kappa shape index (κ2) is 19.1. The van der Waals surface area contributed by atoms with Crippen molar-refractivity contribution in [1.29, 1.82) is 0 Å². The van der Waals surface area contributed by atoms with Gasteiger partial charge in [-0.2, -0.15) is 0 Å². The molecule has 0 fully saturated rings. The third-order valence-electron chi connectivity index (χ3n) is 10.9. The molecule has 61 heavy (non-hydrogen) atoms. The van der Waals surface area contributed by atoms with E-state index in [0.717, 1.165) is 0 Å². The number of rotatable bonds is 12. The summed E-state index contributed by atoms with van der Waals surface area (Å²) in [5.41, 5.74) is 14.4. The van der Waals surface area contributed by atoms with Crippen LogP contribution in [0.3, 0.4) is 0 Å². The minimum atomic E-state index is -0.814. The van der Waals surface area contributed by atoms with Crippen molar-refractivity contribution >= 4 is 60.3 Å². The van der Waals surface area contributed by atoms with Crippen LogP contribution in [0, 0.1) is 0 Å². The summed E-state index contributed by atoms with van der Waals surface area (Å²) in [4.78, 5) is 0. The van der Waals surface area contributed by atoms with Crippen LogP contribution in [0.25, 0.3) is 69.8 Å². The third kappa shape index (κ3) is 10.1. The van der Waals surface area contributed by atoms with Crippen molar-refractivity contribution in [2.45, 2.75) is 0 Å². The first-order chi connectivity index (χ1) is 30.2. The minimum Gasteiger partial charge on any atom is -0.0622 e. The van der Waals surface area contributed by atoms with Gasteiger partial charge in [-0.05, 0) is 90.6 Å². The molecule has 9 rings (SSSR count). The normalized spacial score (nSPS) is 11.6. The molecule has 0 saturated carbocycles. The van der Waals surface area contributed by atoms with Gasteiger partial charge in [-0.25, -0.2) is 0 Å². The smallest absolute Gasteiger partial charge is 0.0134 e. The zero-order valence-electron chi connectivity index (χ0n) is 33.9. The Hall–Kier alpha value is -7.37. The van der Waals surface area contributed by atoms with Gasteiger partial charge in [0, 0.05) is 0 Å². The average molecular weight is 797 g/mol. The SMILES string of the molecule is C(=C\c1ccc(-c2ccc(P(c3ccc(-c4ccc(/C=C/c5ccccc5)cc4)cc3)c3ccc(-c4ccc(/C=C/c5ccccc5)cc4)cc3)cc2)cc1)/c1ccccc1. The maximum Gasteiger partial charge on any atom is -0.0134 e. The van der Waals surface area contributed by atoms with Crippen molar-refractivity contribution in [2.75, 3.05) is 0 Å². The highest BCUT2D eigenvalue weighted by Gasteiger charge is 2.17. The Morgan fingerprint density at radius 3 is 0.574 bits per heavy atom. The Kier molecular flexibility index (Phi) is 12.3. The van der Waals surface area contributed by atoms with Crippen LogP contribution >= 0.6 is 7.92 Å². The lowest BCUT2D eigenvalue weighted by molar-refractivity contribution is 1.60. The lowest BCUT2D eigenvalue weighted by Gasteiger charge is -2.21. The molecule has 0 aliphatic rings. The van der Waals surface area contributed by atoms with E-state index in [0.29, 0.717) is 0 Å². The van der Waals surface area contributed by atoms with E-state index >= 15 is 0 Å². The van der Waals surface area contributed by atoms with Gasteiger partial charge >= 0.3 is 0 Å². The van der Waals surface area contributed by atoms with Gasteiger partial charge in [0.25, 0.3) is 0 Å². The Morgan fingerprint density at radius 2 is 0.361 bits per heavy atom. The second-order valence-electron chi connectivity index (χ2n) is 15.1. The van der Waals surface area contributed by atoms with Gasteiger partial charge in [0.2, 0.25) is 0 Å². The standard InChI is InChI=1S/C60H45P/c1-4-10-46(11-5-1)16-19-49-22-28-52(29-23-49)55-34-40-58(41-35-55)61(59-42-36-56(37-43-59)53-30-24-50(25-31-53)20-17-47-12-6-2-7-13-47)60-44-38-57(39-45-60)54-32-26-51(27-33-54)21-18-48-14-8-3-9-15-48/h1-45H/b19-16+,20-17+,21-18+. The summed E-state index contributed by atoms with van der Waals surface area (Å²) in [5.74, 6) is 0. The fourth-order valence-electron chi connectivity index (χ4n) is 7.49. The van der Waals surface area contributed by atoms with Gasteiger partial charge in [-0.1, -0.05) is 273 Å². The average Bonchev–Trinajstić information content (AvgIpc) is 3.34. The predicted molar refractivity (Wildman–Crippen MR) is 268 cm³/mol. The molecular formula is C60H45P. The molecule has 290 valence electrons. The molecule has 0 aliphatic carbocycles. The van der Waals surface area contributed by atoms with Crippen molar-refractivity contribution < 1.29 is 0 Å². The predicted octanol–water partition coefficient (Wildman–Crippen LogP) is 15.0. The maximum atomic E-state index is 2.33. The first kappa shape index (κ1) is 39.1. The molecule has 0 spiro atoms. The Balaban J connectivity index is 0.967. The van der Waals surface area contributed by atoms with Crippen LogP contribution in [0.15, 0.2) is 237 Å². The quantitative estimate of drug-likeness (QED) is 0.0853. The topological polar surface area (TPSA) is 0 Å². The number of hydrogen-bond donors (Lipinski definition) is 0. The van der Waals surface area contributed by atoms with E-state index in [1.54, 1.807) is 0 Å². The summed E-state index contributed by atoms with van der Waals surface area (Å²) in [6.45, 7) is 0. The van der Waals surface area contributed by atoms with E-state index in [1.807, 2.05) is 18.2 Å². The summed E-state index contributed by atoms with van der Waals surface area (Å²) in [5, 5.41) is 3.97. The van der Waals surface area contributed by atoms with E-state index in [1.165, 1.54) is 82.7 Å². The van der Waals surface area contributed by atoms with Gasteiger partial charge in [-0.15, -0.1) is 0 Å². The molecule has 9 aromatic rings. The Labute approximate surface area is 362 Å². The molecule has 0 aliphatic heterocycles. The molecule has 0 bridgehead atoms. The molecule has 0 radical (unpaired) electrons. The molecule has 0 unspecified atom stereocenters. The summed E-state index contributed by atoms with van der Waals surface area (Å²) < 4.78 is 0. The lowest BCUT2D eigenvalue weighted by Crippen LogP contribution is -2.20. The maximum absolute atomic E-state index is 2.33. The molecular weight excluding hydrogens is 752 g/mol. The van der Waals surface area contributed by atoms with Crippen LogP contribution in [0.2, 0.25) is 0 Å². The van der Waals surface area contributed by atoms with Crippen molar-refractivity contribution in [3.05, 3.63) is 270 Å². The molecule has 0 atom stereocenters. The highest BCUT2D eigenvalue weighted by molar-refractivity contribution is 7.79. The molecule has 1 heteroatoms. The van der Waals surface area contributed by atoms with E-state index in [2.05, 4.69) is 255 Å². The Morgan fingerprint density at radius 1 is 0.180 bits per heavy atom. The summed E-state index contributed by atoms with van der Waals surface area (Å²) in [7, 11) is -0.814. The number of hydrogen-bond acceptors (Lipinski definition) is 0. The fraction of sp³-hybridized carbons (Fsp3) is 0. The largest absolute Gasteiger partial charge is 0.0622 e. The fourth-order valence-corrected chi connectivity index (χ4v) is 9.72. The monoisotopic (exact) mass is 796 g/mol. The first-order valence-corrected chi connectivity index (χ1v) is 22.2. The molecule has 0 amide bonds. The van der Waals surface area contributed by atoms with Crippen LogP contribution in [-0.4, -0.2) is 0 Å². The second-order valence-corrected chi connectivity index (χ2v) is 17.3. The highest BCUT2D eigenvalue weighted by atomic mass is 31.1. The van der Waals surface area contributed by atoms with Crippen LogP contribution in [-0.2, 0) is 0 Å². The first-order valence-electron chi connectivity index (χ1n) is 20.8. The number of benzene rings is 9. The van der Waals surface area contributed by atoms with Crippen LogP contribution in [0.1, 0.15) is 33.4 Å². The van der Waals surface area contributed by atoms with Crippen LogP contribution in [0.5, 0.6) is 0 Å². The van der Waals surface area contributed by atoms with Crippen LogP contribution in [0.4, 0.5) is 0 Å². The molecule has 0 saturated heterocycles. The van der Waals surface area contributed by atoms with Gasteiger partial charge in [0.1, 0.15) is 0 Å². The zero-order valence-corrected chi connectivity index (χ0v) is 34.8. The van der Waals surface area contributed by atoms with Gasteiger partial charge < -0.3 is 0 Å². The summed E-state index contributed by atoms with van der Waals surface area (Å²) in [6, 6.07) is 85.5. The summed E-state index contributed by atoms with van der Waals surface area (Å²) in [6.07, 6.45) is 13.0. The van der Waals surface area contributed by atoms with E-state index in [9.17, 15) is 0 Å². The molecule has 0 nitrogen and oxygen atoms in total. The minimum absolute atomic E-state index is 0.814. The van der Waals surface area contributed by atoms with E-state index in [-0.39, 0.29) is 0 Å². The molecule has 0 aromatic heterocycles. The molecule has 9 aromatic carbocycles. The van der Waals surface area contributed by atoms with Gasteiger partial charge in [0.15, 0.2) is 0 Å². The van der Waals surface area contributed by atoms with Gasteiger partial charge in [0.05, 0.1) is 0 Å². The third-order valence-corrected chi connectivity index (χ3v) is 13.4. The van der Waals surface area contributed by atoms with Gasteiger partial charge in [-0.3, -0.25) is 0 Å². The Bertz CT molecular complexity index is 2530. The van der Waals surface area contributed by atoms with Crippen molar-refractivity contribution in [3.8, 4) is 33.4 Å². The summed E-state index contributed by atoms with van der Waals surface area (Å²) >= 11 is 0. The van der Waals surface area contributed by atoms with E-state index < -0.39 is 7.92 Å². The molecule has 0 N–H and O–H groups in total. The molecule has 0 heterocycles. The van der Waals surface area contributed by atoms with Crippen molar-refractivity contribution in [3.63, 3.8) is 0 Å². The zero-order chi connectivity index (χ0) is 41.1. The van der Waals surface area contributed by atoms with E-state index in [4.69, 9.17) is 0 Å². The van der Waals surface area contributed by atoms with Crippen LogP contribution < -0.4 is 15.9 Å². The van der Waals surface area contributed by atoms with Crippen molar-refractivity contribution in [1.82, 2.24) is 0 Å². The van der Waals surface area contributed by atoms with Crippen molar-refractivity contribution in [2.24, 2.45) is 0 Å². The highest BCUT2D eigenvalue weighted by Crippen LogP contribution is 2.36.